The molecule has 0 aromatic rings. The van der Waals surface area contributed by atoms with Crippen LogP contribution in [0.1, 0.15) is 19.3 Å². The summed E-state index contributed by atoms with van der Waals surface area (Å²) in [6.07, 6.45) is 3.82. The third-order valence-corrected chi connectivity index (χ3v) is 2.94. The molecule has 78 valence electrons. The topological polar surface area (TPSA) is 38.5 Å². The van der Waals surface area contributed by atoms with E-state index in [1.807, 2.05) is 0 Å². The highest BCUT2D eigenvalue weighted by Crippen LogP contribution is 2.24. The van der Waals surface area contributed by atoms with Gasteiger partial charge in [-0.15, -0.1) is 0 Å². The smallest absolute Gasteiger partial charge is 0.0589 e. The molecule has 2 atom stereocenters. The van der Waals surface area contributed by atoms with Crippen molar-refractivity contribution in [3.05, 3.63) is 0 Å². The summed E-state index contributed by atoms with van der Waals surface area (Å²) >= 11 is 0. The molecular weight excluding hydrogens is 164 g/mol. The summed E-state index contributed by atoms with van der Waals surface area (Å²) in [6, 6.07) is 0.435. The number of nitrogens with two attached hydrogens (primary N) is 1. The summed E-state index contributed by atoms with van der Waals surface area (Å²) < 4.78 is 5.03. The standard InChI is InChI=1S/C10H22N2O/c1-12(6-7-13-2)8-9-4-3-5-10(9)11/h9-10H,3-8,11H2,1-2H3. The Bertz CT molecular complexity index is 141. The van der Waals surface area contributed by atoms with Gasteiger partial charge in [-0.1, -0.05) is 6.42 Å². The molecule has 1 rings (SSSR count). The number of nitrogens with zero attached hydrogens (tertiary/aromatic N) is 1. The molecule has 0 saturated heterocycles. The van der Waals surface area contributed by atoms with Crippen LogP contribution in [-0.4, -0.2) is 44.8 Å². The molecular formula is C10H22N2O. The molecule has 0 radical (unpaired) electrons. The normalized spacial score (nSPS) is 28.6. The van der Waals surface area contributed by atoms with Crippen LogP contribution in [0.5, 0.6) is 0 Å². The van der Waals surface area contributed by atoms with E-state index >= 15 is 0 Å². The van der Waals surface area contributed by atoms with Gasteiger partial charge in [-0.3, -0.25) is 0 Å². The van der Waals surface area contributed by atoms with Gasteiger partial charge in [0.15, 0.2) is 0 Å². The van der Waals surface area contributed by atoms with Crippen molar-refractivity contribution in [3.63, 3.8) is 0 Å². The molecule has 13 heavy (non-hydrogen) atoms. The van der Waals surface area contributed by atoms with Gasteiger partial charge in [0.2, 0.25) is 0 Å². The van der Waals surface area contributed by atoms with Crippen LogP contribution in [0.25, 0.3) is 0 Å². The van der Waals surface area contributed by atoms with E-state index in [1.165, 1.54) is 19.3 Å². The summed E-state index contributed by atoms with van der Waals surface area (Å²) in [5.74, 6) is 0.710. The van der Waals surface area contributed by atoms with Gasteiger partial charge in [0, 0.05) is 26.2 Å². The third-order valence-electron chi connectivity index (χ3n) is 2.94. The van der Waals surface area contributed by atoms with Gasteiger partial charge in [-0.2, -0.15) is 0 Å². The maximum atomic E-state index is 6.00. The average Bonchev–Trinajstić information content (AvgIpc) is 2.48. The van der Waals surface area contributed by atoms with Gasteiger partial charge in [0.25, 0.3) is 0 Å². The fraction of sp³-hybridized carbons (Fsp3) is 1.00. The lowest BCUT2D eigenvalue weighted by atomic mass is 10.0. The Balaban J connectivity index is 2.15. The van der Waals surface area contributed by atoms with Crippen molar-refractivity contribution in [1.29, 1.82) is 0 Å². The number of methoxy groups -OCH3 is 1. The second-order valence-electron chi connectivity index (χ2n) is 4.11. The molecule has 0 aliphatic heterocycles. The minimum absolute atomic E-state index is 0.435. The zero-order valence-electron chi connectivity index (χ0n) is 8.83. The number of hydrogen-bond acceptors (Lipinski definition) is 3. The fourth-order valence-corrected chi connectivity index (χ4v) is 2.03. The Morgan fingerprint density at radius 2 is 2.23 bits per heavy atom. The summed E-state index contributed by atoms with van der Waals surface area (Å²) in [4.78, 5) is 2.32. The van der Waals surface area contributed by atoms with Gasteiger partial charge in [-0.25, -0.2) is 0 Å². The van der Waals surface area contributed by atoms with E-state index in [4.69, 9.17) is 10.5 Å². The monoisotopic (exact) mass is 186 g/mol. The van der Waals surface area contributed by atoms with E-state index in [-0.39, 0.29) is 0 Å². The highest BCUT2D eigenvalue weighted by molar-refractivity contribution is 4.81. The van der Waals surface area contributed by atoms with Gasteiger partial charge in [0.1, 0.15) is 0 Å². The maximum Gasteiger partial charge on any atom is 0.0589 e. The van der Waals surface area contributed by atoms with E-state index < -0.39 is 0 Å². The second kappa shape index (κ2) is 5.58. The lowest BCUT2D eigenvalue weighted by molar-refractivity contribution is 0.151. The predicted molar refractivity (Wildman–Crippen MR) is 54.7 cm³/mol. The quantitative estimate of drug-likeness (QED) is 0.686. The van der Waals surface area contributed by atoms with Crippen LogP contribution in [0, 0.1) is 5.92 Å². The largest absolute Gasteiger partial charge is 0.383 e. The molecule has 3 nitrogen and oxygen atoms in total. The Kier molecular flexibility index (Phi) is 4.70. The molecule has 2 unspecified atom stereocenters. The minimum Gasteiger partial charge on any atom is -0.383 e. The molecule has 2 N–H and O–H groups in total. The van der Waals surface area contributed by atoms with Crippen LogP contribution in [0.15, 0.2) is 0 Å². The lowest BCUT2D eigenvalue weighted by Gasteiger charge is -2.23. The Labute approximate surface area is 81.2 Å². The van der Waals surface area contributed by atoms with Crippen LogP contribution < -0.4 is 5.73 Å². The van der Waals surface area contributed by atoms with Crippen molar-refractivity contribution in [2.24, 2.45) is 11.7 Å². The summed E-state index contributed by atoms with van der Waals surface area (Å²) in [5.41, 5.74) is 6.00. The number of rotatable bonds is 5. The summed E-state index contributed by atoms with van der Waals surface area (Å²) in [6.45, 7) is 2.96. The highest BCUT2D eigenvalue weighted by Gasteiger charge is 2.24. The van der Waals surface area contributed by atoms with Crippen molar-refractivity contribution < 1.29 is 4.74 Å². The van der Waals surface area contributed by atoms with Crippen molar-refractivity contribution >= 4 is 0 Å². The van der Waals surface area contributed by atoms with E-state index in [2.05, 4.69) is 11.9 Å². The lowest BCUT2D eigenvalue weighted by Crippen LogP contribution is -2.35. The number of hydrogen-bond donors (Lipinski definition) is 1. The number of ether oxygens (including phenoxy) is 1. The van der Waals surface area contributed by atoms with Gasteiger partial charge in [0.05, 0.1) is 6.61 Å². The molecule has 0 aromatic heterocycles. The molecule has 1 saturated carbocycles. The minimum atomic E-state index is 0.435. The molecule has 0 bridgehead atoms. The molecule has 0 heterocycles. The first-order valence-corrected chi connectivity index (χ1v) is 5.17. The molecule has 1 fully saturated rings. The van der Waals surface area contributed by atoms with Crippen molar-refractivity contribution in [2.75, 3.05) is 33.9 Å². The molecule has 1 aliphatic carbocycles. The zero-order valence-corrected chi connectivity index (χ0v) is 8.83. The Morgan fingerprint density at radius 3 is 2.77 bits per heavy atom. The molecule has 0 aromatic carbocycles. The maximum absolute atomic E-state index is 6.00. The van der Waals surface area contributed by atoms with E-state index in [9.17, 15) is 0 Å². The van der Waals surface area contributed by atoms with Gasteiger partial charge in [-0.05, 0) is 25.8 Å². The Hall–Kier alpha value is -0.120. The van der Waals surface area contributed by atoms with Crippen molar-refractivity contribution in [1.82, 2.24) is 4.90 Å². The number of likely N-dealkylation sites (N-methyl/N-ethyl adjacent to an activating group) is 1. The SMILES string of the molecule is COCCN(C)CC1CCCC1N. The van der Waals surface area contributed by atoms with Gasteiger partial charge < -0.3 is 15.4 Å². The molecule has 0 spiro atoms. The Morgan fingerprint density at radius 1 is 1.46 bits per heavy atom. The van der Waals surface area contributed by atoms with Crippen molar-refractivity contribution in [3.8, 4) is 0 Å². The second-order valence-corrected chi connectivity index (χ2v) is 4.11. The van der Waals surface area contributed by atoms with Crippen molar-refractivity contribution in [2.45, 2.75) is 25.3 Å². The first-order valence-electron chi connectivity index (χ1n) is 5.17. The van der Waals surface area contributed by atoms with E-state index in [1.54, 1.807) is 7.11 Å². The third kappa shape index (κ3) is 3.63. The predicted octanol–water partition coefficient (Wildman–Crippen LogP) is 0.692. The first kappa shape index (κ1) is 11.0. The van der Waals surface area contributed by atoms with Crippen LogP contribution in [0.2, 0.25) is 0 Å². The summed E-state index contributed by atoms with van der Waals surface area (Å²) in [7, 11) is 3.89. The van der Waals surface area contributed by atoms with E-state index in [0.717, 1.165) is 19.7 Å². The van der Waals surface area contributed by atoms with Crippen LogP contribution >= 0.6 is 0 Å². The van der Waals surface area contributed by atoms with Crippen LogP contribution in [-0.2, 0) is 4.74 Å². The van der Waals surface area contributed by atoms with Crippen LogP contribution in [0.3, 0.4) is 0 Å². The molecule has 1 aliphatic rings. The summed E-state index contributed by atoms with van der Waals surface area (Å²) in [5, 5.41) is 0. The van der Waals surface area contributed by atoms with E-state index in [0.29, 0.717) is 12.0 Å². The molecule has 3 heteroatoms. The zero-order chi connectivity index (χ0) is 9.68. The van der Waals surface area contributed by atoms with Crippen LogP contribution in [0.4, 0.5) is 0 Å². The highest BCUT2D eigenvalue weighted by atomic mass is 16.5. The van der Waals surface area contributed by atoms with Gasteiger partial charge >= 0.3 is 0 Å². The average molecular weight is 186 g/mol. The molecule has 0 amide bonds. The fourth-order valence-electron chi connectivity index (χ4n) is 2.03. The first-order chi connectivity index (χ1) is 6.24.